The molecule has 2 nitrogen and oxygen atoms in total. The monoisotopic (exact) mass is 194 g/mol. The lowest BCUT2D eigenvalue weighted by Crippen LogP contribution is -2.50. The van der Waals surface area contributed by atoms with Crippen molar-refractivity contribution >= 4 is 0 Å². The molecular formula is C12H20NO+. The van der Waals surface area contributed by atoms with E-state index in [0.29, 0.717) is 6.10 Å². The van der Waals surface area contributed by atoms with Crippen LogP contribution in [0.4, 0.5) is 0 Å². The van der Waals surface area contributed by atoms with Gasteiger partial charge < -0.3 is 9.22 Å². The lowest BCUT2D eigenvalue weighted by atomic mass is 10.2. The minimum absolute atomic E-state index is 0.440. The minimum Gasteiger partial charge on any atom is -0.367 e. The van der Waals surface area contributed by atoms with Gasteiger partial charge in [-0.25, -0.2) is 0 Å². The van der Waals surface area contributed by atoms with Crippen molar-refractivity contribution in [3.8, 4) is 0 Å². The van der Waals surface area contributed by atoms with Crippen molar-refractivity contribution in [1.29, 1.82) is 0 Å². The molecule has 1 aliphatic heterocycles. The van der Waals surface area contributed by atoms with Crippen LogP contribution < -0.4 is 0 Å². The van der Waals surface area contributed by atoms with Gasteiger partial charge in [0.2, 0.25) is 0 Å². The van der Waals surface area contributed by atoms with Crippen LogP contribution in [0.3, 0.4) is 0 Å². The predicted molar refractivity (Wildman–Crippen MR) is 60.1 cm³/mol. The van der Waals surface area contributed by atoms with Crippen molar-refractivity contribution in [1.82, 2.24) is 0 Å². The van der Waals surface area contributed by atoms with Crippen molar-refractivity contribution in [2.24, 2.45) is 0 Å². The van der Waals surface area contributed by atoms with Gasteiger partial charge in [-0.05, 0) is 18.2 Å². The molecule has 0 N–H and O–H groups in total. The van der Waals surface area contributed by atoms with Gasteiger partial charge in [0.25, 0.3) is 0 Å². The van der Waals surface area contributed by atoms with Crippen LogP contribution in [-0.2, 0) is 4.74 Å². The average Bonchev–Trinajstić information content (AvgIpc) is 2.89. The average molecular weight is 194 g/mol. The van der Waals surface area contributed by atoms with Gasteiger partial charge in [0.15, 0.2) is 0 Å². The second-order valence-electron chi connectivity index (χ2n) is 3.89. The van der Waals surface area contributed by atoms with Gasteiger partial charge in [-0.1, -0.05) is 19.7 Å². The summed E-state index contributed by atoms with van der Waals surface area (Å²) in [6.45, 7) is 16.3. The normalized spacial score (nSPS) is 20.1. The number of hydrogen-bond donors (Lipinski definition) is 0. The van der Waals surface area contributed by atoms with Crippen molar-refractivity contribution in [3.05, 3.63) is 38.0 Å². The first-order valence-electron chi connectivity index (χ1n) is 5.06. The molecular weight excluding hydrogens is 174 g/mol. The van der Waals surface area contributed by atoms with Crippen LogP contribution >= 0.6 is 0 Å². The van der Waals surface area contributed by atoms with E-state index in [4.69, 9.17) is 4.74 Å². The molecule has 2 heteroatoms. The molecule has 78 valence electrons. The number of epoxide rings is 1. The summed E-state index contributed by atoms with van der Waals surface area (Å²) in [5.74, 6) is 0. The maximum Gasteiger partial charge on any atom is 0.130 e. The Labute approximate surface area is 86.8 Å². The zero-order valence-electron chi connectivity index (χ0n) is 8.82. The van der Waals surface area contributed by atoms with Crippen molar-refractivity contribution in [2.75, 3.05) is 32.8 Å². The lowest BCUT2D eigenvalue weighted by Gasteiger charge is -2.35. The van der Waals surface area contributed by atoms with Crippen LogP contribution in [0.2, 0.25) is 0 Å². The van der Waals surface area contributed by atoms with Crippen LogP contribution in [0, 0.1) is 0 Å². The highest BCUT2D eigenvalue weighted by molar-refractivity contribution is 4.79. The first kappa shape index (κ1) is 11.2. The summed E-state index contributed by atoms with van der Waals surface area (Å²) in [7, 11) is 0. The number of hydrogen-bond acceptors (Lipinski definition) is 1. The fourth-order valence-electron chi connectivity index (χ4n) is 1.87. The van der Waals surface area contributed by atoms with E-state index in [1.807, 2.05) is 18.2 Å². The molecule has 1 aliphatic rings. The Bertz CT molecular complexity index is 192. The molecule has 1 atom stereocenters. The molecule has 14 heavy (non-hydrogen) atoms. The molecule has 0 aromatic carbocycles. The Balaban J connectivity index is 2.62. The van der Waals surface area contributed by atoms with E-state index in [9.17, 15) is 0 Å². The van der Waals surface area contributed by atoms with Crippen molar-refractivity contribution in [3.63, 3.8) is 0 Å². The largest absolute Gasteiger partial charge is 0.367 e. The molecule has 0 aromatic rings. The van der Waals surface area contributed by atoms with E-state index < -0.39 is 0 Å². The standard InChI is InChI=1S/C12H20NO/c1-4-7-13(8-5-2,9-6-3)10-12-11-14-12/h4-6,12H,1-3,7-11H2/q+1. The quantitative estimate of drug-likeness (QED) is 0.326. The predicted octanol–water partition coefficient (Wildman–Crippen LogP) is 1.76. The number of ether oxygens (including phenoxy) is 1. The number of nitrogens with zero attached hydrogens (tertiary/aromatic N) is 1. The summed E-state index contributed by atoms with van der Waals surface area (Å²) in [6, 6.07) is 0. The van der Waals surface area contributed by atoms with Gasteiger partial charge in [-0.2, -0.15) is 0 Å². The Kier molecular flexibility index (Phi) is 4.11. The van der Waals surface area contributed by atoms with Gasteiger partial charge >= 0.3 is 0 Å². The van der Waals surface area contributed by atoms with Crippen molar-refractivity contribution in [2.45, 2.75) is 6.10 Å². The summed E-state index contributed by atoms with van der Waals surface area (Å²) < 4.78 is 6.23. The fraction of sp³-hybridized carbons (Fsp3) is 0.500. The molecule has 1 rings (SSSR count). The van der Waals surface area contributed by atoms with Gasteiger partial charge in [-0.15, -0.1) is 0 Å². The topological polar surface area (TPSA) is 12.5 Å². The Morgan fingerprint density at radius 3 is 1.79 bits per heavy atom. The molecule has 0 radical (unpaired) electrons. The Morgan fingerprint density at radius 2 is 1.50 bits per heavy atom. The molecule has 0 bridgehead atoms. The third-order valence-corrected chi connectivity index (χ3v) is 2.54. The van der Waals surface area contributed by atoms with Gasteiger partial charge in [0, 0.05) is 0 Å². The van der Waals surface area contributed by atoms with Gasteiger partial charge in [0.05, 0.1) is 26.2 Å². The first-order chi connectivity index (χ1) is 6.76. The van der Waals surface area contributed by atoms with Crippen LogP contribution in [0.15, 0.2) is 38.0 Å². The maximum absolute atomic E-state index is 5.28. The zero-order valence-corrected chi connectivity index (χ0v) is 8.82. The fourth-order valence-corrected chi connectivity index (χ4v) is 1.87. The number of rotatable bonds is 8. The molecule has 0 saturated carbocycles. The molecule has 1 fully saturated rings. The van der Waals surface area contributed by atoms with E-state index >= 15 is 0 Å². The smallest absolute Gasteiger partial charge is 0.130 e. The number of quaternary nitrogens is 1. The first-order valence-corrected chi connectivity index (χ1v) is 5.06. The SMILES string of the molecule is C=CC[N+](CC=C)(CC=C)CC1CO1. The molecule has 0 spiro atoms. The van der Waals surface area contributed by atoms with Crippen LogP contribution in [0.1, 0.15) is 0 Å². The highest BCUT2D eigenvalue weighted by atomic mass is 16.6. The van der Waals surface area contributed by atoms with E-state index in [-0.39, 0.29) is 0 Å². The highest BCUT2D eigenvalue weighted by Gasteiger charge is 2.34. The van der Waals surface area contributed by atoms with Crippen LogP contribution in [0.5, 0.6) is 0 Å². The van der Waals surface area contributed by atoms with E-state index in [1.54, 1.807) is 0 Å². The third-order valence-electron chi connectivity index (χ3n) is 2.54. The highest BCUT2D eigenvalue weighted by Crippen LogP contribution is 2.18. The van der Waals surface area contributed by atoms with E-state index in [0.717, 1.165) is 37.3 Å². The summed E-state index contributed by atoms with van der Waals surface area (Å²) in [5, 5.41) is 0. The molecule has 0 amide bonds. The summed E-state index contributed by atoms with van der Waals surface area (Å²) in [4.78, 5) is 0. The second kappa shape index (κ2) is 5.13. The Morgan fingerprint density at radius 1 is 1.07 bits per heavy atom. The summed E-state index contributed by atoms with van der Waals surface area (Å²) in [5.41, 5.74) is 0. The van der Waals surface area contributed by atoms with E-state index in [1.165, 1.54) is 0 Å². The molecule has 1 unspecified atom stereocenters. The Hall–Kier alpha value is -0.860. The van der Waals surface area contributed by atoms with Gasteiger partial charge in [-0.3, -0.25) is 0 Å². The minimum atomic E-state index is 0.440. The van der Waals surface area contributed by atoms with Crippen LogP contribution in [0.25, 0.3) is 0 Å². The molecule has 0 aliphatic carbocycles. The lowest BCUT2D eigenvalue weighted by molar-refractivity contribution is -0.912. The summed E-state index contributed by atoms with van der Waals surface area (Å²) >= 11 is 0. The van der Waals surface area contributed by atoms with Crippen LogP contribution in [-0.4, -0.2) is 43.4 Å². The second-order valence-corrected chi connectivity index (χ2v) is 3.89. The van der Waals surface area contributed by atoms with E-state index in [2.05, 4.69) is 19.7 Å². The molecule has 1 heterocycles. The van der Waals surface area contributed by atoms with Gasteiger partial charge in [0.1, 0.15) is 12.6 Å². The molecule has 0 aromatic heterocycles. The molecule has 1 saturated heterocycles. The third kappa shape index (κ3) is 3.13. The maximum atomic E-state index is 5.28. The van der Waals surface area contributed by atoms with Crippen molar-refractivity contribution < 1.29 is 9.22 Å². The summed E-state index contributed by atoms with van der Waals surface area (Å²) in [6.07, 6.45) is 6.34. The zero-order chi connectivity index (χ0) is 10.4.